The number of halogens is 1. The van der Waals surface area contributed by atoms with Gasteiger partial charge in [0.1, 0.15) is 0 Å². The maximum absolute atomic E-state index is 9.10. The minimum absolute atomic E-state index is 0.0984. The zero-order valence-electron chi connectivity index (χ0n) is 7.91. The fourth-order valence-electron chi connectivity index (χ4n) is 1.65. The van der Waals surface area contributed by atoms with Crippen LogP contribution in [-0.4, -0.2) is 17.3 Å². The molecule has 0 aromatic heterocycles. The van der Waals surface area contributed by atoms with Gasteiger partial charge in [0, 0.05) is 17.6 Å². The normalized spacial score (nSPS) is 25.9. The molecule has 0 spiro atoms. The summed E-state index contributed by atoms with van der Waals surface area (Å²) < 4.78 is 0. The van der Waals surface area contributed by atoms with E-state index in [4.69, 9.17) is 16.7 Å². The van der Waals surface area contributed by atoms with E-state index in [1.54, 1.807) is 0 Å². The molecule has 2 rings (SSSR count). The SMILES string of the molecule is OC1CC(NCc2ccccc2Cl)C1. The van der Waals surface area contributed by atoms with Crippen molar-refractivity contribution in [3.05, 3.63) is 34.9 Å². The third-order valence-electron chi connectivity index (χ3n) is 2.65. The molecule has 0 atom stereocenters. The van der Waals surface area contributed by atoms with E-state index in [9.17, 15) is 0 Å². The van der Waals surface area contributed by atoms with Crippen molar-refractivity contribution in [3.63, 3.8) is 0 Å². The summed E-state index contributed by atoms with van der Waals surface area (Å²) in [6.45, 7) is 0.789. The molecule has 1 aliphatic rings. The maximum Gasteiger partial charge on any atom is 0.0570 e. The molecule has 1 fully saturated rings. The molecule has 0 unspecified atom stereocenters. The smallest absolute Gasteiger partial charge is 0.0570 e. The van der Waals surface area contributed by atoms with Crippen molar-refractivity contribution in [1.82, 2.24) is 5.32 Å². The minimum atomic E-state index is -0.0984. The van der Waals surface area contributed by atoms with Crippen LogP contribution < -0.4 is 5.32 Å². The van der Waals surface area contributed by atoms with Gasteiger partial charge in [-0.3, -0.25) is 0 Å². The number of benzene rings is 1. The largest absolute Gasteiger partial charge is 0.393 e. The second-order valence-corrected chi connectivity index (χ2v) is 4.20. The van der Waals surface area contributed by atoms with E-state index in [0.29, 0.717) is 6.04 Å². The van der Waals surface area contributed by atoms with E-state index in [0.717, 1.165) is 30.0 Å². The number of rotatable bonds is 3. The Morgan fingerprint density at radius 3 is 2.71 bits per heavy atom. The summed E-state index contributed by atoms with van der Waals surface area (Å²) >= 11 is 6.01. The molecule has 1 aliphatic carbocycles. The van der Waals surface area contributed by atoms with Crippen molar-refractivity contribution in [1.29, 1.82) is 0 Å². The van der Waals surface area contributed by atoms with Crippen molar-refractivity contribution in [2.45, 2.75) is 31.5 Å². The first-order chi connectivity index (χ1) is 6.75. The lowest BCUT2D eigenvalue weighted by atomic mass is 9.89. The van der Waals surface area contributed by atoms with E-state index in [2.05, 4.69) is 5.32 Å². The molecule has 3 heteroatoms. The van der Waals surface area contributed by atoms with E-state index in [1.807, 2.05) is 24.3 Å². The topological polar surface area (TPSA) is 32.3 Å². The van der Waals surface area contributed by atoms with Crippen LogP contribution in [0.4, 0.5) is 0 Å². The quantitative estimate of drug-likeness (QED) is 0.801. The van der Waals surface area contributed by atoms with Crippen LogP contribution >= 0.6 is 11.6 Å². The molecule has 0 amide bonds. The molecule has 2 N–H and O–H groups in total. The summed E-state index contributed by atoms with van der Waals surface area (Å²) in [6.07, 6.45) is 1.63. The highest BCUT2D eigenvalue weighted by atomic mass is 35.5. The van der Waals surface area contributed by atoms with Gasteiger partial charge in [0.25, 0.3) is 0 Å². The average molecular weight is 212 g/mol. The number of hydrogen-bond acceptors (Lipinski definition) is 2. The fraction of sp³-hybridized carbons (Fsp3) is 0.455. The van der Waals surface area contributed by atoms with Gasteiger partial charge in [0.05, 0.1) is 6.10 Å². The highest BCUT2D eigenvalue weighted by Gasteiger charge is 2.26. The summed E-state index contributed by atoms with van der Waals surface area (Å²) in [5, 5.41) is 13.3. The van der Waals surface area contributed by atoms with Gasteiger partial charge in [-0.05, 0) is 24.5 Å². The van der Waals surface area contributed by atoms with Crippen LogP contribution in [0.15, 0.2) is 24.3 Å². The highest BCUT2D eigenvalue weighted by molar-refractivity contribution is 6.31. The van der Waals surface area contributed by atoms with E-state index in [-0.39, 0.29) is 6.10 Å². The molecular weight excluding hydrogens is 198 g/mol. The Morgan fingerprint density at radius 2 is 2.07 bits per heavy atom. The summed E-state index contributed by atoms with van der Waals surface area (Å²) in [7, 11) is 0. The maximum atomic E-state index is 9.10. The third kappa shape index (κ3) is 2.27. The summed E-state index contributed by atoms with van der Waals surface area (Å²) in [4.78, 5) is 0. The van der Waals surface area contributed by atoms with Gasteiger partial charge in [-0.2, -0.15) is 0 Å². The Balaban J connectivity index is 1.83. The van der Waals surface area contributed by atoms with Crippen LogP contribution in [0.25, 0.3) is 0 Å². The molecule has 0 aliphatic heterocycles. The van der Waals surface area contributed by atoms with Crippen molar-refractivity contribution in [2.24, 2.45) is 0 Å². The van der Waals surface area contributed by atoms with Gasteiger partial charge in [0.15, 0.2) is 0 Å². The highest BCUT2D eigenvalue weighted by Crippen LogP contribution is 2.21. The Kier molecular flexibility index (Phi) is 3.06. The lowest BCUT2D eigenvalue weighted by molar-refractivity contribution is 0.0619. The van der Waals surface area contributed by atoms with Gasteiger partial charge in [-0.15, -0.1) is 0 Å². The molecule has 2 nitrogen and oxygen atoms in total. The van der Waals surface area contributed by atoms with Crippen LogP contribution in [0, 0.1) is 0 Å². The Bertz CT molecular complexity index is 310. The van der Waals surface area contributed by atoms with Crippen LogP contribution in [0.2, 0.25) is 5.02 Å². The molecular formula is C11H14ClNO. The van der Waals surface area contributed by atoms with E-state index >= 15 is 0 Å². The van der Waals surface area contributed by atoms with Crippen molar-refractivity contribution < 1.29 is 5.11 Å². The first-order valence-electron chi connectivity index (χ1n) is 4.90. The second-order valence-electron chi connectivity index (χ2n) is 3.79. The summed E-state index contributed by atoms with van der Waals surface area (Å²) in [5.41, 5.74) is 1.12. The Morgan fingerprint density at radius 1 is 1.36 bits per heavy atom. The van der Waals surface area contributed by atoms with Crippen molar-refractivity contribution >= 4 is 11.6 Å². The lowest BCUT2D eigenvalue weighted by Crippen LogP contribution is -2.43. The second kappa shape index (κ2) is 4.30. The van der Waals surface area contributed by atoms with Gasteiger partial charge in [-0.1, -0.05) is 29.8 Å². The molecule has 0 heterocycles. The van der Waals surface area contributed by atoms with E-state index in [1.165, 1.54) is 0 Å². The lowest BCUT2D eigenvalue weighted by Gasteiger charge is -2.32. The van der Waals surface area contributed by atoms with Crippen LogP contribution in [-0.2, 0) is 6.54 Å². The minimum Gasteiger partial charge on any atom is -0.393 e. The predicted molar refractivity (Wildman–Crippen MR) is 57.3 cm³/mol. The van der Waals surface area contributed by atoms with Crippen LogP contribution in [0.1, 0.15) is 18.4 Å². The van der Waals surface area contributed by atoms with Crippen LogP contribution in [0.5, 0.6) is 0 Å². The molecule has 0 saturated heterocycles. The van der Waals surface area contributed by atoms with Gasteiger partial charge in [-0.25, -0.2) is 0 Å². The molecule has 0 bridgehead atoms. The van der Waals surface area contributed by atoms with E-state index < -0.39 is 0 Å². The summed E-state index contributed by atoms with van der Waals surface area (Å²) in [6, 6.07) is 8.29. The predicted octanol–water partition coefficient (Wildman–Crippen LogP) is 1.95. The van der Waals surface area contributed by atoms with Gasteiger partial charge < -0.3 is 10.4 Å². The Hall–Kier alpha value is -0.570. The standard InChI is InChI=1S/C11H14ClNO/c12-11-4-2-1-3-8(11)7-13-9-5-10(14)6-9/h1-4,9-10,13-14H,5-7H2. The average Bonchev–Trinajstić information content (AvgIpc) is 2.13. The van der Waals surface area contributed by atoms with Gasteiger partial charge >= 0.3 is 0 Å². The number of aliphatic hydroxyl groups is 1. The number of hydrogen-bond donors (Lipinski definition) is 2. The zero-order valence-corrected chi connectivity index (χ0v) is 8.67. The third-order valence-corrected chi connectivity index (χ3v) is 3.02. The summed E-state index contributed by atoms with van der Waals surface area (Å²) in [5.74, 6) is 0. The molecule has 14 heavy (non-hydrogen) atoms. The number of nitrogens with one attached hydrogen (secondary N) is 1. The first kappa shape index (κ1) is 9.97. The Labute approximate surface area is 88.9 Å². The monoisotopic (exact) mass is 211 g/mol. The molecule has 76 valence electrons. The first-order valence-corrected chi connectivity index (χ1v) is 5.28. The van der Waals surface area contributed by atoms with Crippen molar-refractivity contribution in [2.75, 3.05) is 0 Å². The van der Waals surface area contributed by atoms with Crippen LogP contribution in [0.3, 0.4) is 0 Å². The number of aliphatic hydroxyl groups excluding tert-OH is 1. The van der Waals surface area contributed by atoms with Gasteiger partial charge in [0.2, 0.25) is 0 Å². The zero-order chi connectivity index (χ0) is 9.97. The molecule has 1 aromatic carbocycles. The fourth-order valence-corrected chi connectivity index (χ4v) is 1.85. The molecule has 1 saturated carbocycles. The molecule has 0 radical (unpaired) electrons. The van der Waals surface area contributed by atoms with Crippen molar-refractivity contribution in [3.8, 4) is 0 Å². The molecule has 1 aromatic rings.